The Kier molecular flexibility index (Phi) is 2.32. The van der Waals surface area contributed by atoms with Gasteiger partial charge in [-0.3, -0.25) is 4.98 Å². The van der Waals surface area contributed by atoms with Crippen LogP contribution in [0.2, 0.25) is 0 Å². The smallest absolute Gasteiger partial charge is 0.0734 e. The average molecular weight is 177 g/mol. The van der Waals surface area contributed by atoms with Gasteiger partial charge in [-0.05, 0) is 29.5 Å². The summed E-state index contributed by atoms with van der Waals surface area (Å²) >= 11 is 0. The molecule has 1 aliphatic rings. The van der Waals surface area contributed by atoms with Crippen molar-refractivity contribution < 1.29 is 4.74 Å². The van der Waals surface area contributed by atoms with Crippen LogP contribution >= 0.6 is 0 Å². The van der Waals surface area contributed by atoms with Crippen LogP contribution in [0.3, 0.4) is 0 Å². The first-order valence-electron chi connectivity index (χ1n) is 4.83. The van der Waals surface area contributed by atoms with Crippen molar-refractivity contribution in [3.63, 3.8) is 0 Å². The van der Waals surface area contributed by atoms with Gasteiger partial charge in [-0.2, -0.15) is 0 Å². The standard InChI is InChI=1S/C11H15NO/c1-8(2)11-5-9-3-4-13-7-10(9)6-12-11/h5-6,8H,3-4,7H2,1-2H3. The molecule has 13 heavy (non-hydrogen) atoms. The van der Waals surface area contributed by atoms with Gasteiger partial charge in [0.1, 0.15) is 0 Å². The molecule has 0 radical (unpaired) electrons. The van der Waals surface area contributed by atoms with Crippen molar-refractivity contribution in [2.75, 3.05) is 6.61 Å². The SMILES string of the molecule is CC(C)c1cc2c(cn1)COCC2. The summed E-state index contributed by atoms with van der Waals surface area (Å²) in [5, 5.41) is 0. The van der Waals surface area contributed by atoms with Gasteiger partial charge in [-0.1, -0.05) is 13.8 Å². The Morgan fingerprint density at radius 2 is 2.23 bits per heavy atom. The van der Waals surface area contributed by atoms with Crippen molar-refractivity contribution in [1.29, 1.82) is 0 Å². The molecule has 1 aromatic rings. The van der Waals surface area contributed by atoms with Gasteiger partial charge in [0.05, 0.1) is 13.2 Å². The van der Waals surface area contributed by atoms with Crippen molar-refractivity contribution in [3.05, 3.63) is 29.1 Å². The van der Waals surface area contributed by atoms with Crippen LogP contribution in [0.25, 0.3) is 0 Å². The molecule has 0 amide bonds. The van der Waals surface area contributed by atoms with Crippen molar-refractivity contribution in [2.45, 2.75) is 32.8 Å². The maximum atomic E-state index is 5.36. The van der Waals surface area contributed by atoms with Gasteiger partial charge in [0.2, 0.25) is 0 Å². The van der Waals surface area contributed by atoms with E-state index in [0.717, 1.165) is 19.6 Å². The van der Waals surface area contributed by atoms with E-state index in [1.165, 1.54) is 16.8 Å². The number of pyridine rings is 1. The molecule has 1 aliphatic heterocycles. The number of hydrogen-bond donors (Lipinski definition) is 0. The number of aromatic nitrogens is 1. The summed E-state index contributed by atoms with van der Waals surface area (Å²) in [6, 6.07) is 2.22. The highest BCUT2D eigenvalue weighted by Crippen LogP contribution is 2.20. The summed E-state index contributed by atoms with van der Waals surface area (Å²) in [5.41, 5.74) is 3.88. The lowest BCUT2D eigenvalue weighted by Gasteiger charge is -2.17. The molecule has 0 unspecified atom stereocenters. The molecular formula is C11H15NO. The van der Waals surface area contributed by atoms with Crippen LogP contribution in [0.4, 0.5) is 0 Å². The number of hydrogen-bond acceptors (Lipinski definition) is 2. The highest BCUT2D eigenvalue weighted by molar-refractivity contribution is 5.28. The lowest BCUT2D eigenvalue weighted by atomic mass is 10.0. The van der Waals surface area contributed by atoms with Crippen molar-refractivity contribution >= 4 is 0 Å². The predicted molar refractivity (Wildman–Crippen MR) is 51.7 cm³/mol. The first kappa shape index (κ1) is 8.70. The zero-order valence-electron chi connectivity index (χ0n) is 8.21. The van der Waals surface area contributed by atoms with Crippen molar-refractivity contribution in [2.24, 2.45) is 0 Å². The summed E-state index contributed by atoms with van der Waals surface area (Å²) in [5.74, 6) is 0.521. The Morgan fingerprint density at radius 3 is 3.00 bits per heavy atom. The molecule has 70 valence electrons. The molecule has 1 aromatic heterocycles. The summed E-state index contributed by atoms with van der Waals surface area (Å²) in [6.45, 7) is 5.94. The van der Waals surface area contributed by atoms with Gasteiger partial charge in [-0.25, -0.2) is 0 Å². The fourth-order valence-electron chi connectivity index (χ4n) is 1.59. The Hall–Kier alpha value is -0.890. The molecule has 2 rings (SSSR count). The summed E-state index contributed by atoms with van der Waals surface area (Å²) < 4.78 is 5.36. The Balaban J connectivity index is 2.35. The zero-order chi connectivity index (χ0) is 9.26. The molecular weight excluding hydrogens is 162 g/mol. The molecule has 2 nitrogen and oxygen atoms in total. The summed E-state index contributed by atoms with van der Waals surface area (Å²) in [7, 11) is 0. The fourth-order valence-corrected chi connectivity index (χ4v) is 1.59. The van der Waals surface area contributed by atoms with Crippen LogP contribution in [-0.4, -0.2) is 11.6 Å². The molecule has 0 saturated heterocycles. The van der Waals surface area contributed by atoms with Gasteiger partial charge in [-0.15, -0.1) is 0 Å². The zero-order valence-corrected chi connectivity index (χ0v) is 8.21. The largest absolute Gasteiger partial charge is 0.376 e. The highest BCUT2D eigenvalue weighted by atomic mass is 16.5. The summed E-state index contributed by atoms with van der Waals surface area (Å²) in [6.07, 6.45) is 3.00. The van der Waals surface area contributed by atoms with Gasteiger partial charge in [0.15, 0.2) is 0 Å². The third-order valence-corrected chi connectivity index (χ3v) is 2.47. The monoisotopic (exact) mass is 177 g/mol. The first-order valence-corrected chi connectivity index (χ1v) is 4.83. The molecule has 2 heterocycles. The second-order valence-corrected chi connectivity index (χ2v) is 3.84. The van der Waals surface area contributed by atoms with Crippen LogP contribution in [0.15, 0.2) is 12.3 Å². The minimum absolute atomic E-state index is 0.521. The van der Waals surface area contributed by atoms with Gasteiger partial charge >= 0.3 is 0 Å². The second kappa shape index (κ2) is 3.46. The molecule has 0 aromatic carbocycles. The van der Waals surface area contributed by atoms with Gasteiger partial charge in [0.25, 0.3) is 0 Å². The van der Waals surface area contributed by atoms with E-state index < -0.39 is 0 Å². The molecule has 0 bridgehead atoms. The third kappa shape index (κ3) is 1.73. The minimum atomic E-state index is 0.521. The summed E-state index contributed by atoms with van der Waals surface area (Å²) in [4.78, 5) is 4.41. The minimum Gasteiger partial charge on any atom is -0.376 e. The highest BCUT2D eigenvalue weighted by Gasteiger charge is 2.11. The molecule has 2 heteroatoms. The topological polar surface area (TPSA) is 22.1 Å². The molecule has 0 spiro atoms. The molecule has 0 fully saturated rings. The van der Waals surface area contributed by atoms with Crippen LogP contribution in [-0.2, 0) is 17.8 Å². The molecule has 0 N–H and O–H groups in total. The Labute approximate surface area is 78.9 Å². The first-order chi connectivity index (χ1) is 6.27. The number of rotatable bonds is 1. The quantitative estimate of drug-likeness (QED) is 0.656. The maximum absolute atomic E-state index is 5.36. The van der Waals surface area contributed by atoms with Crippen molar-refractivity contribution in [3.8, 4) is 0 Å². The predicted octanol–water partition coefficient (Wildman–Crippen LogP) is 2.28. The Morgan fingerprint density at radius 1 is 1.38 bits per heavy atom. The maximum Gasteiger partial charge on any atom is 0.0734 e. The Bertz CT molecular complexity index is 307. The van der Waals surface area contributed by atoms with E-state index in [0.29, 0.717) is 5.92 Å². The fraction of sp³-hybridized carbons (Fsp3) is 0.545. The molecule has 0 saturated carbocycles. The van der Waals surface area contributed by atoms with E-state index >= 15 is 0 Å². The van der Waals surface area contributed by atoms with E-state index in [-0.39, 0.29) is 0 Å². The van der Waals surface area contributed by atoms with Crippen LogP contribution in [0.5, 0.6) is 0 Å². The molecule has 0 atom stereocenters. The van der Waals surface area contributed by atoms with Crippen LogP contribution < -0.4 is 0 Å². The van der Waals surface area contributed by atoms with Crippen LogP contribution in [0, 0.1) is 0 Å². The van der Waals surface area contributed by atoms with Crippen LogP contribution in [0.1, 0.15) is 36.6 Å². The van der Waals surface area contributed by atoms with E-state index in [1.807, 2.05) is 6.20 Å². The lowest BCUT2D eigenvalue weighted by molar-refractivity contribution is 0.110. The third-order valence-electron chi connectivity index (χ3n) is 2.47. The molecule has 0 aliphatic carbocycles. The number of ether oxygens (including phenoxy) is 1. The normalized spacial score (nSPS) is 15.9. The lowest BCUT2D eigenvalue weighted by Crippen LogP contribution is -2.11. The number of fused-ring (bicyclic) bond motifs is 1. The van der Waals surface area contributed by atoms with E-state index in [1.54, 1.807) is 0 Å². The average Bonchev–Trinajstić information content (AvgIpc) is 2.17. The van der Waals surface area contributed by atoms with Crippen molar-refractivity contribution in [1.82, 2.24) is 4.98 Å². The second-order valence-electron chi connectivity index (χ2n) is 3.84. The van der Waals surface area contributed by atoms with E-state index in [9.17, 15) is 0 Å². The van der Waals surface area contributed by atoms with Gasteiger partial charge in [0, 0.05) is 11.9 Å². The van der Waals surface area contributed by atoms with E-state index in [2.05, 4.69) is 24.9 Å². The number of nitrogens with zero attached hydrogens (tertiary/aromatic N) is 1. The van der Waals surface area contributed by atoms with Gasteiger partial charge < -0.3 is 4.74 Å². The van der Waals surface area contributed by atoms with E-state index in [4.69, 9.17) is 4.74 Å².